The molecular weight excluding hydrogens is 368 g/mol. The van der Waals surface area contributed by atoms with Crippen molar-refractivity contribution in [3.63, 3.8) is 0 Å². The van der Waals surface area contributed by atoms with E-state index in [0.29, 0.717) is 6.04 Å². The quantitative estimate of drug-likeness (QED) is 0.700. The summed E-state index contributed by atoms with van der Waals surface area (Å²) in [5, 5.41) is 5.99. The third kappa shape index (κ3) is 2.32. The Kier molecular flexibility index (Phi) is 3.44. The van der Waals surface area contributed by atoms with Crippen LogP contribution in [0.2, 0.25) is 0 Å². The molecule has 1 atom stereocenters. The molecule has 0 saturated heterocycles. The van der Waals surface area contributed by atoms with E-state index in [-0.39, 0.29) is 19.8 Å². The van der Waals surface area contributed by atoms with Gasteiger partial charge in [-0.1, -0.05) is 12.1 Å². The number of nitrogens with zero attached hydrogens (tertiary/aromatic N) is 1. The maximum Gasteiger partial charge on any atom is 0.231 e. The predicted molar refractivity (Wildman–Crippen MR) is 111 cm³/mol. The molecule has 0 bridgehead atoms. The predicted octanol–water partition coefficient (Wildman–Crippen LogP) is 4.41. The van der Waals surface area contributed by atoms with Crippen molar-refractivity contribution in [3.8, 4) is 34.1 Å². The Morgan fingerprint density at radius 2 is 1.62 bits per heavy atom. The lowest BCUT2D eigenvalue weighted by atomic mass is 9.87. The van der Waals surface area contributed by atoms with Crippen LogP contribution in [0.5, 0.6) is 23.0 Å². The van der Waals surface area contributed by atoms with E-state index >= 15 is 0 Å². The fraction of sp³-hybridized carbons (Fsp3) is 0.304. The van der Waals surface area contributed by atoms with Crippen molar-refractivity contribution in [3.05, 3.63) is 42.0 Å². The fourth-order valence-corrected chi connectivity index (χ4v) is 4.63. The van der Waals surface area contributed by atoms with Crippen LogP contribution in [0.4, 0.5) is 5.69 Å². The average Bonchev–Trinajstić information content (AvgIpc) is 3.36. The largest absolute Gasteiger partial charge is 0.454 e. The van der Waals surface area contributed by atoms with Gasteiger partial charge in [-0.3, -0.25) is 5.32 Å². The van der Waals surface area contributed by atoms with E-state index < -0.39 is 0 Å². The molecule has 0 fully saturated rings. The standard InChI is InChI=1S/C23H22N2O4/c1-12(2)24-23-20-14(6-7-17-22(20)29-11-26-17)15-5-4-13-8-18-19(28-10-27-18)9-16(13)21(15)25(23)3/h4-9,12,23-24H,10-11H2,1-3H3. The van der Waals surface area contributed by atoms with Crippen LogP contribution in [0.1, 0.15) is 25.6 Å². The lowest BCUT2D eigenvalue weighted by Gasteiger charge is -2.40. The first kappa shape index (κ1) is 16.8. The minimum Gasteiger partial charge on any atom is -0.454 e. The Balaban J connectivity index is 1.65. The molecule has 3 aliphatic rings. The number of ether oxygens (including phenoxy) is 4. The lowest BCUT2D eigenvalue weighted by molar-refractivity contribution is 0.172. The molecule has 3 aromatic carbocycles. The highest BCUT2D eigenvalue weighted by molar-refractivity contribution is 6.05. The fourth-order valence-electron chi connectivity index (χ4n) is 4.63. The summed E-state index contributed by atoms with van der Waals surface area (Å²) in [6.07, 6.45) is -0.0369. The SMILES string of the molecule is CC(C)NC1c2c(ccc3c2OCO3)-c2ccc3cc4c(cc3c2N1C)OCO4. The molecule has 6 heteroatoms. The lowest BCUT2D eigenvalue weighted by Crippen LogP contribution is -2.41. The van der Waals surface area contributed by atoms with Crippen LogP contribution >= 0.6 is 0 Å². The first-order valence-corrected chi connectivity index (χ1v) is 9.90. The summed E-state index contributed by atoms with van der Waals surface area (Å²) < 4.78 is 22.8. The van der Waals surface area contributed by atoms with E-state index in [1.165, 1.54) is 16.8 Å². The Hall–Kier alpha value is -3.12. The van der Waals surface area contributed by atoms with Gasteiger partial charge >= 0.3 is 0 Å². The van der Waals surface area contributed by atoms with E-state index in [4.69, 9.17) is 18.9 Å². The van der Waals surface area contributed by atoms with Crippen LogP contribution < -0.4 is 29.2 Å². The number of nitrogens with one attached hydrogen (secondary N) is 1. The van der Waals surface area contributed by atoms with Crippen LogP contribution in [-0.4, -0.2) is 26.7 Å². The van der Waals surface area contributed by atoms with Crippen LogP contribution in [-0.2, 0) is 0 Å². The van der Waals surface area contributed by atoms with Gasteiger partial charge in [0.25, 0.3) is 0 Å². The van der Waals surface area contributed by atoms with Crippen LogP contribution in [0, 0.1) is 0 Å². The number of fused-ring (bicyclic) bond motifs is 8. The molecule has 6 nitrogen and oxygen atoms in total. The minimum absolute atomic E-state index is 0.0369. The summed E-state index contributed by atoms with van der Waals surface area (Å²) in [6, 6.07) is 12.9. The van der Waals surface area contributed by atoms with Gasteiger partial charge in [-0.2, -0.15) is 0 Å². The van der Waals surface area contributed by atoms with Crippen molar-refractivity contribution < 1.29 is 18.9 Å². The Labute approximate surface area is 168 Å². The van der Waals surface area contributed by atoms with Crippen LogP contribution in [0.15, 0.2) is 36.4 Å². The van der Waals surface area contributed by atoms with Gasteiger partial charge in [-0.05, 0) is 49.1 Å². The van der Waals surface area contributed by atoms with Crippen LogP contribution in [0.3, 0.4) is 0 Å². The van der Waals surface area contributed by atoms with Gasteiger partial charge < -0.3 is 23.8 Å². The maximum atomic E-state index is 5.89. The molecule has 29 heavy (non-hydrogen) atoms. The maximum absolute atomic E-state index is 5.89. The molecular formula is C23H22N2O4. The first-order chi connectivity index (χ1) is 14.1. The Bertz CT molecular complexity index is 1160. The van der Waals surface area contributed by atoms with Gasteiger partial charge in [0, 0.05) is 29.6 Å². The molecule has 3 heterocycles. The highest BCUT2D eigenvalue weighted by atomic mass is 16.7. The highest BCUT2D eigenvalue weighted by Gasteiger charge is 2.36. The van der Waals surface area contributed by atoms with Crippen molar-refractivity contribution in [1.29, 1.82) is 0 Å². The second-order valence-electron chi connectivity index (χ2n) is 7.98. The smallest absolute Gasteiger partial charge is 0.231 e. The number of benzene rings is 3. The topological polar surface area (TPSA) is 52.2 Å². The molecule has 0 spiro atoms. The summed E-state index contributed by atoms with van der Waals surface area (Å²) in [5.74, 6) is 3.24. The first-order valence-electron chi connectivity index (χ1n) is 9.90. The molecule has 0 radical (unpaired) electrons. The van der Waals surface area contributed by atoms with Crippen molar-refractivity contribution in [2.24, 2.45) is 0 Å². The molecule has 0 amide bonds. The van der Waals surface area contributed by atoms with Gasteiger partial charge in [-0.25, -0.2) is 0 Å². The van der Waals surface area contributed by atoms with Crippen molar-refractivity contribution in [1.82, 2.24) is 5.32 Å². The second-order valence-corrected chi connectivity index (χ2v) is 7.98. The van der Waals surface area contributed by atoms with Gasteiger partial charge in [-0.15, -0.1) is 0 Å². The van der Waals surface area contributed by atoms with Crippen molar-refractivity contribution in [2.75, 3.05) is 25.5 Å². The molecule has 3 aromatic rings. The summed E-state index contributed by atoms with van der Waals surface area (Å²) >= 11 is 0. The van der Waals surface area contributed by atoms with Gasteiger partial charge in [0.15, 0.2) is 23.0 Å². The Morgan fingerprint density at radius 1 is 0.897 bits per heavy atom. The third-order valence-corrected chi connectivity index (χ3v) is 5.86. The van der Waals surface area contributed by atoms with E-state index in [2.05, 4.69) is 61.4 Å². The number of rotatable bonds is 2. The number of hydrogen-bond donors (Lipinski definition) is 1. The van der Waals surface area contributed by atoms with Gasteiger partial charge in [0.1, 0.15) is 6.17 Å². The molecule has 0 saturated carbocycles. The van der Waals surface area contributed by atoms with Crippen molar-refractivity contribution in [2.45, 2.75) is 26.1 Å². The van der Waals surface area contributed by atoms with E-state index in [1.807, 2.05) is 6.07 Å². The normalized spacial score (nSPS) is 18.3. The van der Waals surface area contributed by atoms with Gasteiger partial charge in [0.2, 0.25) is 13.6 Å². The van der Waals surface area contributed by atoms with E-state index in [0.717, 1.165) is 39.3 Å². The summed E-state index contributed by atoms with van der Waals surface area (Å²) in [6.45, 7) is 4.85. The third-order valence-electron chi connectivity index (χ3n) is 5.86. The van der Waals surface area contributed by atoms with E-state index in [9.17, 15) is 0 Å². The average molecular weight is 390 g/mol. The van der Waals surface area contributed by atoms with Crippen LogP contribution in [0.25, 0.3) is 21.9 Å². The zero-order valence-electron chi connectivity index (χ0n) is 16.6. The van der Waals surface area contributed by atoms with Gasteiger partial charge in [0.05, 0.1) is 5.69 Å². The highest BCUT2D eigenvalue weighted by Crippen LogP contribution is 2.53. The molecule has 3 aliphatic heterocycles. The zero-order valence-corrected chi connectivity index (χ0v) is 16.6. The molecule has 6 rings (SSSR count). The number of hydrogen-bond acceptors (Lipinski definition) is 6. The minimum atomic E-state index is -0.0369. The molecule has 1 N–H and O–H groups in total. The monoisotopic (exact) mass is 390 g/mol. The summed E-state index contributed by atoms with van der Waals surface area (Å²) in [4.78, 5) is 2.30. The summed E-state index contributed by atoms with van der Waals surface area (Å²) in [5.41, 5.74) is 4.64. The molecule has 1 unspecified atom stereocenters. The van der Waals surface area contributed by atoms with E-state index in [1.54, 1.807) is 0 Å². The summed E-state index contributed by atoms with van der Waals surface area (Å²) in [7, 11) is 2.13. The Morgan fingerprint density at radius 3 is 2.45 bits per heavy atom. The second kappa shape index (κ2) is 5.94. The van der Waals surface area contributed by atoms with Crippen molar-refractivity contribution >= 4 is 16.5 Å². The molecule has 0 aromatic heterocycles. The zero-order chi connectivity index (χ0) is 19.7. The molecule has 148 valence electrons. The molecule has 0 aliphatic carbocycles. The number of anilines is 1.